The van der Waals surface area contributed by atoms with E-state index in [1.165, 1.54) is 12.4 Å². The molecular weight excluding hydrogens is 266 g/mol. The van der Waals surface area contributed by atoms with E-state index in [-0.39, 0.29) is 5.69 Å². The summed E-state index contributed by atoms with van der Waals surface area (Å²) in [7, 11) is 1.57. The second-order valence-electron chi connectivity index (χ2n) is 2.70. The summed E-state index contributed by atoms with van der Waals surface area (Å²) >= 11 is 3.23. The number of ether oxygens (including phenoxy) is 1. The van der Waals surface area contributed by atoms with Crippen LogP contribution in [0, 0.1) is 10.1 Å². The van der Waals surface area contributed by atoms with Crippen LogP contribution >= 0.6 is 16.1 Å². The first kappa shape index (κ1) is 11.9. The van der Waals surface area contributed by atoms with Gasteiger partial charge in [0.05, 0.1) is 18.1 Å². The van der Waals surface area contributed by atoms with Crippen LogP contribution in [0.4, 0.5) is 11.4 Å². The average molecular weight is 276 g/mol. The fourth-order valence-corrected chi connectivity index (χ4v) is 1.46. The molecule has 15 heavy (non-hydrogen) atoms. The maximum Gasteiger partial charge on any atom is 0.311 e. The van der Waals surface area contributed by atoms with Crippen molar-refractivity contribution in [3.05, 3.63) is 28.6 Å². The van der Waals surface area contributed by atoms with Gasteiger partial charge in [-0.3, -0.25) is 15.1 Å². The Morgan fingerprint density at radius 1 is 1.73 bits per heavy atom. The molecule has 0 spiro atoms. The lowest BCUT2D eigenvalue weighted by molar-refractivity contribution is -0.384. The molecule has 1 aromatic rings. The molecule has 1 heterocycles. The third-order valence-corrected chi connectivity index (χ3v) is 2.46. The minimum Gasteiger partial charge on any atom is -0.383 e. The van der Waals surface area contributed by atoms with Gasteiger partial charge in [0.2, 0.25) is 0 Å². The van der Waals surface area contributed by atoms with Crippen molar-refractivity contribution in [3.63, 3.8) is 0 Å². The summed E-state index contributed by atoms with van der Waals surface area (Å²) in [6.07, 6.45) is 2.72. The Balaban J connectivity index is 2.87. The van der Waals surface area contributed by atoms with Crippen molar-refractivity contribution < 1.29 is 9.66 Å². The number of nitro groups is 1. The van der Waals surface area contributed by atoms with Crippen molar-refractivity contribution in [3.8, 4) is 0 Å². The zero-order valence-electron chi connectivity index (χ0n) is 8.09. The summed E-state index contributed by atoms with van der Waals surface area (Å²) in [5, 5.41) is 10.7. The van der Waals surface area contributed by atoms with E-state index in [4.69, 9.17) is 4.74 Å². The molecule has 1 aromatic heterocycles. The van der Waals surface area contributed by atoms with Gasteiger partial charge in [0.25, 0.3) is 0 Å². The molecule has 0 amide bonds. The van der Waals surface area contributed by atoms with Crippen LogP contribution in [-0.2, 0) is 4.74 Å². The third kappa shape index (κ3) is 3.14. The van der Waals surface area contributed by atoms with E-state index >= 15 is 0 Å². The summed E-state index contributed by atoms with van der Waals surface area (Å²) in [5.41, 5.74) is 0.428. The topological polar surface area (TPSA) is 68.5 Å². The smallest absolute Gasteiger partial charge is 0.311 e. The van der Waals surface area contributed by atoms with Crippen LogP contribution in [0.15, 0.2) is 18.5 Å². The minimum atomic E-state index is -0.469. The molecule has 7 heteroatoms. The van der Waals surface area contributed by atoms with Gasteiger partial charge < -0.3 is 8.66 Å². The Bertz CT molecular complexity index is 348. The normalized spacial score (nSPS) is 10.0. The molecule has 0 aliphatic carbocycles. The zero-order chi connectivity index (χ0) is 11.3. The SMILES string of the molecule is COCCN(Br)c1ccncc1[N+](=O)[O-]. The first-order chi connectivity index (χ1) is 7.16. The van der Waals surface area contributed by atoms with Gasteiger partial charge in [0.1, 0.15) is 11.9 Å². The molecule has 0 aliphatic heterocycles. The average Bonchev–Trinajstić information content (AvgIpc) is 2.25. The second kappa shape index (κ2) is 5.62. The Kier molecular flexibility index (Phi) is 4.44. The van der Waals surface area contributed by atoms with E-state index in [1.54, 1.807) is 17.1 Å². The number of nitrogens with zero attached hydrogens (tertiary/aromatic N) is 3. The molecule has 0 saturated carbocycles. The molecule has 0 N–H and O–H groups in total. The van der Waals surface area contributed by atoms with Crippen LogP contribution in [0.5, 0.6) is 0 Å². The second-order valence-corrected chi connectivity index (χ2v) is 3.56. The summed E-state index contributed by atoms with van der Waals surface area (Å²) in [5.74, 6) is 0. The molecule has 0 atom stereocenters. The van der Waals surface area contributed by atoms with Gasteiger partial charge in [-0.2, -0.15) is 0 Å². The number of pyridine rings is 1. The molecule has 82 valence electrons. The van der Waals surface area contributed by atoms with E-state index in [0.29, 0.717) is 18.8 Å². The van der Waals surface area contributed by atoms with Crippen LogP contribution in [0.3, 0.4) is 0 Å². The van der Waals surface area contributed by atoms with Gasteiger partial charge in [-0.25, -0.2) is 0 Å². The van der Waals surface area contributed by atoms with Gasteiger partial charge >= 0.3 is 5.69 Å². The number of methoxy groups -OCH3 is 1. The summed E-state index contributed by atoms with van der Waals surface area (Å²) in [4.78, 5) is 13.9. The molecular formula is C8H10BrN3O3. The predicted molar refractivity (Wildman–Crippen MR) is 59.0 cm³/mol. The lowest BCUT2D eigenvalue weighted by Crippen LogP contribution is -2.16. The number of rotatable bonds is 5. The predicted octanol–water partition coefficient (Wildman–Crippen LogP) is 1.75. The Hall–Kier alpha value is -1.21. The zero-order valence-corrected chi connectivity index (χ0v) is 9.68. The molecule has 0 fully saturated rings. The number of halogens is 1. The summed E-state index contributed by atoms with van der Waals surface area (Å²) in [6.45, 7) is 0.992. The minimum absolute atomic E-state index is 0.0366. The molecule has 0 aliphatic rings. The largest absolute Gasteiger partial charge is 0.383 e. The highest BCUT2D eigenvalue weighted by Gasteiger charge is 2.17. The van der Waals surface area contributed by atoms with E-state index in [0.717, 1.165) is 0 Å². The van der Waals surface area contributed by atoms with Crippen LogP contribution in [-0.4, -0.2) is 30.2 Å². The van der Waals surface area contributed by atoms with Crippen molar-refractivity contribution in [1.29, 1.82) is 0 Å². The van der Waals surface area contributed by atoms with Gasteiger partial charge in [-0.05, 0) is 6.07 Å². The lowest BCUT2D eigenvalue weighted by Gasteiger charge is -2.15. The van der Waals surface area contributed by atoms with E-state index in [9.17, 15) is 10.1 Å². The van der Waals surface area contributed by atoms with Gasteiger partial charge in [-0.15, -0.1) is 0 Å². The lowest BCUT2D eigenvalue weighted by atomic mass is 10.3. The van der Waals surface area contributed by atoms with Gasteiger partial charge in [-0.1, -0.05) is 0 Å². The molecule has 1 rings (SSSR count). The Morgan fingerprint density at radius 2 is 2.47 bits per heavy atom. The van der Waals surface area contributed by atoms with E-state index in [2.05, 4.69) is 21.1 Å². The highest BCUT2D eigenvalue weighted by atomic mass is 79.9. The van der Waals surface area contributed by atoms with Crippen LogP contribution < -0.4 is 3.93 Å². The van der Waals surface area contributed by atoms with Crippen molar-refractivity contribution in [1.82, 2.24) is 4.98 Å². The van der Waals surface area contributed by atoms with Crippen molar-refractivity contribution in [2.45, 2.75) is 0 Å². The molecule has 6 nitrogen and oxygen atoms in total. The van der Waals surface area contributed by atoms with Crippen LogP contribution in [0.2, 0.25) is 0 Å². The Morgan fingerprint density at radius 3 is 3.07 bits per heavy atom. The Labute approximate surface area is 95.3 Å². The molecule has 0 saturated heterocycles. The maximum atomic E-state index is 10.7. The van der Waals surface area contributed by atoms with Crippen LogP contribution in [0.25, 0.3) is 0 Å². The molecule has 0 bridgehead atoms. The highest BCUT2D eigenvalue weighted by molar-refractivity contribution is 9.10. The number of anilines is 1. The third-order valence-electron chi connectivity index (χ3n) is 1.73. The standard InChI is InChI=1S/C8H10BrN3O3/c1-15-5-4-11(9)7-2-3-10-6-8(7)12(13)14/h2-3,6H,4-5H2,1H3. The monoisotopic (exact) mass is 275 g/mol. The quantitative estimate of drug-likeness (QED) is 0.465. The van der Waals surface area contributed by atoms with E-state index < -0.39 is 4.92 Å². The molecule has 0 aromatic carbocycles. The molecule has 0 radical (unpaired) electrons. The van der Waals surface area contributed by atoms with Crippen molar-refractivity contribution >= 4 is 27.5 Å². The van der Waals surface area contributed by atoms with E-state index in [1.807, 2.05) is 0 Å². The van der Waals surface area contributed by atoms with Gasteiger partial charge in [0.15, 0.2) is 0 Å². The maximum absolute atomic E-state index is 10.7. The highest BCUT2D eigenvalue weighted by Crippen LogP contribution is 2.28. The number of hydrogen-bond donors (Lipinski definition) is 0. The van der Waals surface area contributed by atoms with Crippen molar-refractivity contribution in [2.75, 3.05) is 24.2 Å². The number of aromatic nitrogens is 1. The first-order valence-electron chi connectivity index (χ1n) is 4.17. The van der Waals surface area contributed by atoms with Crippen LogP contribution in [0.1, 0.15) is 0 Å². The fourth-order valence-electron chi connectivity index (χ4n) is 1.02. The number of hydrogen-bond acceptors (Lipinski definition) is 5. The fraction of sp³-hybridized carbons (Fsp3) is 0.375. The summed E-state index contributed by atoms with van der Waals surface area (Å²) in [6, 6.07) is 1.57. The summed E-state index contributed by atoms with van der Waals surface area (Å²) < 4.78 is 6.46. The molecule has 0 unspecified atom stereocenters. The first-order valence-corrected chi connectivity index (χ1v) is 4.88. The van der Waals surface area contributed by atoms with Gasteiger partial charge in [0, 0.05) is 29.5 Å². The van der Waals surface area contributed by atoms with Crippen molar-refractivity contribution in [2.24, 2.45) is 0 Å².